The van der Waals surface area contributed by atoms with Gasteiger partial charge in [-0.15, -0.1) is 0 Å². The molecule has 1 heterocycles. The third kappa shape index (κ3) is 5.20. The number of likely N-dealkylation sites (tertiary alicyclic amines) is 1. The zero-order valence-electron chi connectivity index (χ0n) is 20.2. The Hall–Kier alpha value is -2.34. The molecule has 0 unspecified atom stereocenters. The van der Waals surface area contributed by atoms with Crippen molar-refractivity contribution in [2.75, 3.05) is 19.6 Å². The van der Waals surface area contributed by atoms with Crippen LogP contribution in [0.5, 0.6) is 0 Å². The highest BCUT2D eigenvalue weighted by molar-refractivity contribution is 6.31. The van der Waals surface area contributed by atoms with E-state index in [2.05, 4.69) is 53.4 Å². The predicted octanol–water partition coefficient (Wildman–Crippen LogP) is 7.35. The molecule has 2 aliphatic rings. The Morgan fingerprint density at radius 2 is 1.47 bits per heavy atom. The van der Waals surface area contributed by atoms with Crippen LogP contribution in [-0.2, 0) is 24.6 Å². The van der Waals surface area contributed by atoms with Gasteiger partial charge in [-0.3, -0.25) is 0 Å². The maximum atomic E-state index is 13.3. The van der Waals surface area contributed by atoms with Crippen LogP contribution in [0.15, 0.2) is 66.7 Å². The lowest BCUT2D eigenvalue weighted by molar-refractivity contribution is -0.137. The van der Waals surface area contributed by atoms with Gasteiger partial charge in [0.25, 0.3) is 0 Å². The molecule has 3 aromatic carbocycles. The predicted molar refractivity (Wildman–Crippen MR) is 137 cm³/mol. The van der Waals surface area contributed by atoms with Crippen molar-refractivity contribution in [2.45, 2.75) is 56.2 Å². The van der Waals surface area contributed by atoms with E-state index in [1.807, 2.05) is 0 Å². The number of piperidine rings is 1. The van der Waals surface area contributed by atoms with Crippen molar-refractivity contribution in [3.05, 3.63) is 105 Å². The van der Waals surface area contributed by atoms with E-state index >= 15 is 0 Å². The van der Waals surface area contributed by atoms with Crippen LogP contribution in [-0.4, -0.2) is 29.6 Å². The molecule has 190 valence electrons. The fraction of sp³-hybridized carbons (Fsp3) is 0.400. The van der Waals surface area contributed by atoms with E-state index in [9.17, 15) is 18.3 Å². The normalized spacial score (nSPS) is 18.4. The number of alkyl halides is 3. The van der Waals surface area contributed by atoms with Gasteiger partial charge in [-0.1, -0.05) is 66.2 Å². The van der Waals surface area contributed by atoms with Crippen molar-refractivity contribution in [1.29, 1.82) is 0 Å². The van der Waals surface area contributed by atoms with Crippen molar-refractivity contribution in [3.8, 4) is 0 Å². The van der Waals surface area contributed by atoms with Crippen molar-refractivity contribution in [1.82, 2.24) is 4.90 Å². The molecular weight excluding hydrogens is 483 g/mol. The quantitative estimate of drug-likeness (QED) is 0.385. The molecule has 0 radical (unpaired) electrons. The van der Waals surface area contributed by atoms with Gasteiger partial charge < -0.3 is 10.0 Å². The molecule has 0 bridgehead atoms. The number of benzene rings is 3. The molecule has 1 saturated heterocycles. The molecule has 1 aliphatic carbocycles. The molecule has 0 amide bonds. The van der Waals surface area contributed by atoms with Gasteiger partial charge in [0.05, 0.1) is 16.2 Å². The lowest BCUT2D eigenvalue weighted by Gasteiger charge is -2.39. The van der Waals surface area contributed by atoms with Crippen LogP contribution in [0.2, 0.25) is 5.02 Å². The molecule has 0 saturated carbocycles. The molecule has 6 heteroatoms. The molecule has 2 nitrogen and oxygen atoms in total. The highest BCUT2D eigenvalue weighted by Gasteiger charge is 2.38. The number of aliphatic hydroxyl groups is 1. The van der Waals surface area contributed by atoms with Gasteiger partial charge in [-0.2, -0.15) is 13.2 Å². The van der Waals surface area contributed by atoms with E-state index in [1.165, 1.54) is 34.4 Å². The molecule has 0 aromatic heterocycles. The second kappa shape index (κ2) is 10.2. The molecule has 1 fully saturated rings. The average Bonchev–Trinajstić information content (AvgIpc) is 3.02. The Labute approximate surface area is 215 Å². The topological polar surface area (TPSA) is 23.5 Å². The minimum Gasteiger partial charge on any atom is -0.385 e. The summed E-state index contributed by atoms with van der Waals surface area (Å²) in [6.45, 7) is 2.21. The van der Waals surface area contributed by atoms with Crippen molar-refractivity contribution in [2.24, 2.45) is 0 Å². The van der Waals surface area contributed by atoms with E-state index in [4.69, 9.17) is 11.6 Å². The number of fused-ring (bicyclic) bond motifs is 2. The number of rotatable bonds is 5. The number of hydrogen-bond donors (Lipinski definition) is 1. The SMILES string of the molecule is OC1(c2ccc(Cl)c(C(F)(F)F)c2)CCN(CCCC2c3ccccc3CCc3ccccc32)CC1. The van der Waals surface area contributed by atoms with Gasteiger partial charge in [0.15, 0.2) is 0 Å². The van der Waals surface area contributed by atoms with Crippen LogP contribution < -0.4 is 0 Å². The minimum atomic E-state index is -4.54. The van der Waals surface area contributed by atoms with Crippen LogP contribution >= 0.6 is 11.6 Å². The van der Waals surface area contributed by atoms with Crippen LogP contribution in [0.3, 0.4) is 0 Å². The smallest absolute Gasteiger partial charge is 0.385 e. The number of halogens is 4. The third-order valence-electron chi connectivity index (χ3n) is 7.98. The largest absolute Gasteiger partial charge is 0.417 e. The van der Waals surface area contributed by atoms with E-state index in [1.54, 1.807) is 0 Å². The Morgan fingerprint density at radius 1 is 0.889 bits per heavy atom. The molecule has 1 aliphatic heterocycles. The van der Waals surface area contributed by atoms with Crippen LogP contribution in [0.1, 0.15) is 65.0 Å². The van der Waals surface area contributed by atoms with Crippen molar-refractivity contribution < 1.29 is 18.3 Å². The first-order chi connectivity index (χ1) is 17.2. The van der Waals surface area contributed by atoms with Gasteiger partial charge in [0.1, 0.15) is 0 Å². The second-order valence-corrected chi connectivity index (χ2v) is 10.6. The standard InChI is InChI=1S/C30H31ClF3NO/c31-28-14-13-23(20-27(28)30(32,33)34)29(36)15-18-35(19-16-29)17-5-10-26-24-8-3-1-6-21(24)11-12-22-7-2-4-9-25(22)26/h1-4,6-9,13-14,20,26,36H,5,10-12,15-19H2. The molecule has 5 rings (SSSR count). The number of nitrogens with zero attached hydrogens (tertiary/aromatic N) is 1. The van der Waals surface area contributed by atoms with Crippen LogP contribution in [0.25, 0.3) is 0 Å². The summed E-state index contributed by atoms with van der Waals surface area (Å²) in [5.74, 6) is 0.372. The summed E-state index contributed by atoms with van der Waals surface area (Å²) in [4.78, 5) is 2.32. The third-order valence-corrected chi connectivity index (χ3v) is 8.31. The molecule has 1 N–H and O–H groups in total. The average molecular weight is 514 g/mol. The highest BCUT2D eigenvalue weighted by atomic mass is 35.5. The fourth-order valence-electron chi connectivity index (χ4n) is 5.94. The van der Waals surface area contributed by atoms with Crippen molar-refractivity contribution in [3.63, 3.8) is 0 Å². The molecule has 0 atom stereocenters. The first-order valence-corrected chi connectivity index (χ1v) is 13.1. The number of aryl methyl sites for hydroxylation is 2. The molecule has 3 aromatic rings. The Morgan fingerprint density at radius 3 is 2.06 bits per heavy atom. The van der Waals surface area contributed by atoms with E-state index < -0.39 is 17.3 Å². The van der Waals surface area contributed by atoms with Gasteiger partial charge >= 0.3 is 6.18 Å². The maximum absolute atomic E-state index is 13.3. The van der Waals surface area contributed by atoms with Crippen LogP contribution in [0, 0.1) is 0 Å². The Bertz CT molecular complexity index is 1170. The molecule has 0 spiro atoms. The summed E-state index contributed by atoms with van der Waals surface area (Å²) >= 11 is 5.77. The summed E-state index contributed by atoms with van der Waals surface area (Å²) in [6, 6.07) is 21.3. The summed E-state index contributed by atoms with van der Waals surface area (Å²) in [5, 5.41) is 10.8. The number of hydrogen-bond acceptors (Lipinski definition) is 2. The summed E-state index contributed by atoms with van der Waals surface area (Å²) < 4.78 is 39.9. The van der Waals surface area contributed by atoms with Gasteiger partial charge in [-0.05, 0) is 85.0 Å². The first-order valence-electron chi connectivity index (χ1n) is 12.7. The van der Waals surface area contributed by atoms with E-state index in [0.29, 0.717) is 37.4 Å². The lowest BCUT2D eigenvalue weighted by Crippen LogP contribution is -2.43. The van der Waals surface area contributed by atoms with Crippen molar-refractivity contribution >= 4 is 11.6 Å². The maximum Gasteiger partial charge on any atom is 0.417 e. The lowest BCUT2D eigenvalue weighted by atomic mass is 9.83. The summed E-state index contributed by atoms with van der Waals surface area (Å²) in [5.41, 5.74) is 3.87. The minimum absolute atomic E-state index is 0.297. The van der Waals surface area contributed by atoms with Gasteiger partial charge in [0.2, 0.25) is 0 Å². The Kier molecular flexibility index (Phi) is 7.17. The molecule has 36 heavy (non-hydrogen) atoms. The van der Waals surface area contributed by atoms with Gasteiger partial charge in [-0.25, -0.2) is 0 Å². The van der Waals surface area contributed by atoms with E-state index in [-0.39, 0.29) is 5.02 Å². The van der Waals surface area contributed by atoms with Crippen LogP contribution in [0.4, 0.5) is 13.2 Å². The second-order valence-electron chi connectivity index (χ2n) is 10.2. The fourth-order valence-corrected chi connectivity index (χ4v) is 6.16. The summed E-state index contributed by atoms with van der Waals surface area (Å²) in [6.07, 6.45) is 0.456. The van der Waals surface area contributed by atoms with Gasteiger partial charge in [0, 0.05) is 19.0 Å². The monoisotopic (exact) mass is 513 g/mol. The summed E-state index contributed by atoms with van der Waals surface area (Å²) in [7, 11) is 0. The zero-order chi connectivity index (χ0) is 25.3. The van der Waals surface area contributed by atoms with E-state index in [0.717, 1.165) is 38.3 Å². The molecular formula is C30H31ClF3NO. The highest BCUT2D eigenvalue weighted by Crippen LogP contribution is 2.41. The zero-order valence-corrected chi connectivity index (χ0v) is 21.0. The Balaban J connectivity index is 1.23. The first kappa shape index (κ1) is 25.3.